The van der Waals surface area contributed by atoms with Crippen molar-refractivity contribution in [2.75, 3.05) is 13.7 Å². The van der Waals surface area contributed by atoms with Crippen LogP contribution >= 0.6 is 12.4 Å². The highest BCUT2D eigenvalue weighted by molar-refractivity contribution is 5.85. The van der Waals surface area contributed by atoms with Crippen LogP contribution in [0.1, 0.15) is 12.5 Å². The average molecular weight is 262 g/mol. The van der Waals surface area contributed by atoms with Crippen molar-refractivity contribution in [2.45, 2.75) is 19.4 Å². The van der Waals surface area contributed by atoms with E-state index in [1.165, 1.54) is 7.11 Å². The topological polar surface area (TPSA) is 72.5 Å². The largest absolute Gasteiger partial charge is 0.468 e. The van der Waals surface area contributed by atoms with Gasteiger partial charge in [-0.25, -0.2) is 0 Å². The molecule has 1 aromatic carbocycles. The van der Waals surface area contributed by atoms with Gasteiger partial charge in [0, 0.05) is 6.61 Å². The molecular weight excluding hydrogens is 242 g/mol. The van der Waals surface area contributed by atoms with Crippen LogP contribution in [0.2, 0.25) is 0 Å². The quantitative estimate of drug-likeness (QED) is 0.801. The van der Waals surface area contributed by atoms with Crippen LogP contribution in [0.25, 0.3) is 0 Å². The summed E-state index contributed by atoms with van der Waals surface area (Å²) in [6.45, 7) is 1.93. The van der Waals surface area contributed by atoms with E-state index < -0.39 is 6.04 Å². The molecule has 0 fully saturated rings. The second-order valence-corrected chi connectivity index (χ2v) is 3.14. The summed E-state index contributed by atoms with van der Waals surface area (Å²) in [6, 6.07) is 9.06. The Labute approximate surface area is 108 Å². The zero-order valence-electron chi connectivity index (χ0n) is 10.1. The molecule has 4 nitrogen and oxygen atoms in total. The summed E-state index contributed by atoms with van der Waals surface area (Å²) in [5, 5.41) is 7.57. The lowest BCUT2D eigenvalue weighted by molar-refractivity contribution is -0.142. The fraction of sp³-hybridized carbons (Fsp3) is 0.417. The van der Waals surface area contributed by atoms with E-state index in [2.05, 4.69) is 4.74 Å². The zero-order chi connectivity index (χ0) is 12.4. The Kier molecular flexibility index (Phi) is 12.2. The molecule has 0 radical (unpaired) electrons. The number of methoxy groups -OCH3 is 1. The van der Waals surface area contributed by atoms with Crippen LogP contribution in [-0.4, -0.2) is 30.8 Å². The summed E-state index contributed by atoms with van der Waals surface area (Å²) >= 11 is 0. The standard InChI is InChI=1S/C10H13NO2.C2H6O.ClH/c1-13-10(12)9(11)7-8-5-3-2-4-6-8;1-2-3;/h2-6,9H,7,11H2,1H3;3H,2H2,1H3;1H. The molecule has 0 spiro atoms. The maximum atomic E-state index is 11.0. The van der Waals surface area contributed by atoms with Crippen molar-refractivity contribution in [3.05, 3.63) is 35.9 Å². The maximum Gasteiger partial charge on any atom is 0.322 e. The maximum absolute atomic E-state index is 11.0. The Hall–Kier alpha value is -1.10. The highest BCUT2D eigenvalue weighted by atomic mass is 35.5. The Morgan fingerprint density at radius 3 is 2.29 bits per heavy atom. The predicted molar refractivity (Wildman–Crippen MR) is 70.1 cm³/mol. The van der Waals surface area contributed by atoms with E-state index in [4.69, 9.17) is 10.8 Å². The second kappa shape index (κ2) is 11.4. The van der Waals surface area contributed by atoms with Crippen molar-refractivity contribution >= 4 is 18.4 Å². The van der Waals surface area contributed by atoms with Gasteiger partial charge in [0.2, 0.25) is 0 Å². The predicted octanol–water partition coefficient (Wildman–Crippen LogP) is 1.15. The Morgan fingerprint density at radius 1 is 1.41 bits per heavy atom. The Balaban J connectivity index is 0. The minimum Gasteiger partial charge on any atom is -0.468 e. The lowest BCUT2D eigenvalue weighted by Crippen LogP contribution is -2.33. The molecule has 0 heterocycles. The SMILES string of the molecule is CCO.COC(=O)C(N)Cc1ccccc1.Cl. The third-order valence-corrected chi connectivity index (χ3v) is 1.80. The van der Waals surface area contributed by atoms with Gasteiger partial charge in [0.25, 0.3) is 0 Å². The van der Waals surface area contributed by atoms with Crippen molar-refractivity contribution in [1.82, 2.24) is 0 Å². The van der Waals surface area contributed by atoms with Crippen molar-refractivity contribution in [3.8, 4) is 0 Å². The molecule has 1 atom stereocenters. The molecule has 0 aliphatic rings. The fourth-order valence-corrected chi connectivity index (χ4v) is 1.10. The molecule has 0 saturated carbocycles. The number of hydrogen-bond acceptors (Lipinski definition) is 4. The highest BCUT2D eigenvalue weighted by Gasteiger charge is 2.13. The normalized spacial score (nSPS) is 10.4. The van der Waals surface area contributed by atoms with Gasteiger partial charge in [-0.3, -0.25) is 4.79 Å². The molecule has 0 amide bonds. The number of aliphatic hydroxyl groups excluding tert-OH is 1. The molecule has 3 N–H and O–H groups in total. The van der Waals surface area contributed by atoms with Gasteiger partial charge >= 0.3 is 5.97 Å². The molecule has 17 heavy (non-hydrogen) atoms. The smallest absolute Gasteiger partial charge is 0.322 e. The number of rotatable bonds is 3. The fourth-order valence-electron chi connectivity index (χ4n) is 1.10. The molecule has 0 aliphatic heterocycles. The summed E-state index contributed by atoms with van der Waals surface area (Å²) < 4.78 is 4.52. The summed E-state index contributed by atoms with van der Waals surface area (Å²) in [4.78, 5) is 11.0. The Morgan fingerprint density at radius 2 is 1.88 bits per heavy atom. The van der Waals surface area contributed by atoms with Crippen LogP contribution in [0.15, 0.2) is 30.3 Å². The van der Waals surface area contributed by atoms with E-state index in [1.807, 2.05) is 30.3 Å². The molecule has 0 bridgehead atoms. The number of carbonyl (C=O) groups is 1. The number of aliphatic hydroxyl groups is 1. The van der Waals surface area contributed by atoms with Crippen LogP contribution in [0, 0.1) is 0 Å². The van der Waals surface area contributed by atoms with Gasteiger partial charge < -0.3 is 15.6 Å². The number of halogens is 1. The van der Waals surface area contributed by atoms with Gasteiger partial charge in [-0.1, -0.05) is 30.3 Å². The van der Waals surface area contributed by atoms with E-state index in [0.29, 0.717) is 6.42 Å². The zero-order valence-corrected chi connectivity index (χ0v) is 10.9. The number of esters is 1. The molecule has 1 aromatic rings. The van der Waals surface area contributed by atoms with Crippen LogP contribution in [-0.2, 0) is 16.0 Å². The summed E-state index contributed by atoms with van der Waals surface area (Å²) in [6.07, 6.45) is 0.521. The number of benzene rings is 1. The molecular formula is C12H20ClNO3. The van der Waals surface area contributed by atoms with Crippen LogP contribution in [0.3, 0.4) is 0 Å². The molecule has 1 rings (SSSR count). The summed E-state index contributed by atoms with van der Waals surface area (Å²) in [5.41, 5.74) is 6.63. The number of hydrogen-bond donors (Lipinski definition) is 2. The van der Waals surface area contributed by atoms with Crippen molar-refractivity contribution < 1.29 is 14.6 Å². The molecule has 5 heteroatoms. The monoisotopic (exact) mass is 261 g/mol. The second-order valence-electron chi connectivity index (χ2n) is 3.14. The minimum atomic E-state index is -0.563. The van der Waals surface area contributed by atoms with Crippen molar-refractivity contribution in [3.63, 3.8) is 0 Å². The van der Waals surface area contributed by atoms with Crippen molar-refractivity contribution in [1.29, 1.82) is 0 Å². The number of carbonyl (C=O) groups excluding carboxylic acids is 1. The molecule has 0 aliphatic carbocycles. The first-order chi connectivity index (χ1) is 7.65. The molecule has 98 valence electrons. The van der Waals surface area contributed by atoms with Gasteiger partial charge in [-0.05, 0) is 18.9 Å². The lowest BCUT2D eigenvalue weighted by Gasteiger charge is -2.08. The third kappa shape index (κ3) is 8.68. The summed E-state index contributed by atoms with van der Waals surface area (Å²) in [7, 11) is 1.34. The average Bonchev–Trinajstić information content (AvgIpc) is 2.30. The number of nitrogens with two attached hydrogens (primary N) is 1. The first-order valence-electron chi connectivity index (χ1n) is 5.13. The van der Waals surface area contributed by atoms with E-state index in [0.717, 1.165) is 5.56 Å². The number of ether oxygens (including phenoxy) is 1. The van der Waals surface area contributed by atoms with Crippen LogP contribution < -0.4 is 5.73 Å². The van der Waals surface area contributed by atoms with E-state index in [9.17, 15) is 4.79 Å². The highest BCUT2D eigenvalue weighted by Crippen LogP contribution is 2.02. The van der Waals surface area contributed by atoms with Gasteiger partial charge in [0.15, 0.2) is 0 Å². The minimum absolute atomic E-state index is 0. The first kappa shape index (κ1) is 18.3. The van der Waals surface area contributed by atoms with Crippen LogP contribution in [0.5, 0.6) is 0 Å². The Bertz CT molecular complexity index is 293. The van der Waals surface area contributed by atoms with Crippen molar-refractivity contribution in [2.24, 2.45) is 5.73 Å². The van der Waals surface area contributed by atoms with Gasteiger partial charge in [-0.15, -0.1) is 12.4 Å². The molecule has 0 aromatic heterocycles. The summed E-state index contributed by atoms with van der Waals surface area (Å²) in [5.74, 6) is -0.371. The van der Waals surface area contributed by atoms with Gasteiger partial charge in [-0.2, -0.15) is 0 Å². The van der Waals surface area contributed by atoms with Gasteiger partial charge in [0.05, 0.1) is 7.11 Å². The molecule has 1 unspecified atom stereocenters. The van der Waals surface area contributed by atoms with E-state index >= 15 is 0 Å². The van der Waals surface area contributed by atoms with E-state index in [-0.39, 0.29) is 25.0 Å². The lowest BCUT2D eigenvalue weighted by atomic mass is 10.1. The van der Waals surface area contributed by atoms with Gasteiger partial charge in [0.1, 0.15) is 6.04 Å². The van der Waals surface area contributed by atoms with Crippen LogP contribution in [0.4, 0.5) is 0 Å². The van der Waals surface area contributed by atoms with E-state index in [1.54, 1.807) is 6.92 Å². The third-order valence-electron chi connectivity index (χ3n) is 1.80. The first-order valence-corrected chi connectivity index (χ1v) is 5.13. The molecule has 0 saturated heterocycles.